The van der Waals surface area contributed by atoms with Gasteiger partial charge in [-0.1, -0.05) is 0 Å². The van der Waals surface area contributed by atoms with E-state index in [9.17, 15) is 4.39 Å². The highest BCUT2D eigenvalue weighted by molar-refractivity contribution is 9.10. The van der Waals surface area contributed by atoms with Crippen LogP contribution in [-0.4, -0.2) is 9.78 Å². The molecule has 0 N–H and O–H groups in total. The van der Waals surface area contributed by atoms with Crippen LogP contribution < -0.4 is 4.74 Å². The summed E-state index contributed by atoms with van der Waals surface area (Å²) in [5.74, 6) is -0.420. The van der Waals surface area contributed by atoms with Crippen LogP contribution in [0.2, 0.25) is 0 Å². The van der Waals surface area contributed by atoms with E-state index in [0.717, 1.165) is 21.9 Å². The van der Waals surface area contributed by atoms with Crippen LogP contribution in [0.5, 0.6) is 5.75 Å². The number of hydrogen-bond donors (Lipinski definition) is 0. The standard InChI is InChI=1S/C14H13BrFN3O/c1-3-19-12(14(15)9(2)18-19)8-20-13-5-4-10(7-17)6-11(13)16/h4-6H,3,8H2,1-2H3. The zero-order valence-corrected chi connectivity index (χ0v) is 12.7. The maximum absolute atomic E-state index is 13.7. The summed E-state index contributed by atoms with van der Waals surface area (Å²) in [7, 11) is 0. The van der Waals surface area contributed by atoms with Gasteiger partial charge in [0, 0.05) is 6.54 Å². The second-order valence-electron chi connectivity index (χ2n) is 4.21. The van der Waals surface area contributed by atoms with Gasteiger partial charge >= 0.3 is 0 Å². The number of benzene rings is 1. The molecule has 0 aliphatic carbocycles. The zero-order valence-electron chi connectivity index (χ0n) is 11.2. The topological polar surface area (TPSA) is 50.8 Å². The van der Waals surface area contributed by atoms with Crippen molar-refractivity contribution < 1.29 is 9.13 Å². The first-order chi connectivity index (χ1) is 9.56. The normalized spacial score (nSPS) is 10.3. The molecule has 104 valence electrons. The highest BCUT2D eigenvalue weighted by atomic mass is 79.9. The van der Waals surface area contributed by atoms with E-state index < -0.39 is 5.82 Å². The third-order valence-corrected chi connectivity index (χ3v) is 3.91. The highest BCUT2D eigenvalue weighted by Gasteiger charge is 2.13. The van der Waals surface area contributed by atoms with E-state index in [-0.39, 0.29) is 17.9 Å². The summed E-state index contributed by atoms with van der Waals surface area (Å²) in [6.45, 7) is 4.78. The first kappa shape index (κ1) is 14.5. The molecule has 0 amide bonds. The van der Waals surface area contributed by atoms with Crippen molar-refractivity contribution in [2.24, 2.45) is 0 Å². The molecule has 0 aliphatic heterocycles. The minimum Gasteiger partial charge on any atom is -0.484 e. The number of rotatable bonds is 4. The van der Waals surface area contributed by atoms with Crippen molar-refractivity contribution in [3.63, 3.8) is 0 Å². The predicted molar refractivity (Wildman–Crippen MR) is 75.8 cm³/mol. The molecule has 0 atom stereocenters. The van der Waals surface area contributed by atoms with Crippen LogP contribution in [0.1, 0.15) is 23.9 Å². The molecule has 0 saturated heterocycles. The summed E-state index contributed by atoms with van der Waals surface area (Å²) in [5.41, 5.74) is 1.99. The molecule has 0 fully saturated rings. The summed E-state index contributed by atoms with van der Waals surface area (Å²) in [6, 6.07) is 6.03. The third kappa shape index (κ3) is 2.83. The largest absolute Gasteiger partial charge is 0.484 e. The van der Waals surface area contributed by atoms with Crippen LogP contribution in [-0.2, 0) is 13.2 Å². The fraction of sp³-hybridized carbons (Fsp3) is 0.286. The van der Waals surface area contributed by atoms with Crippen molar-refractivity contribution in [2.45, 2.75) is 27.0 Å². The van der Waals surface area contributed by atoms with E-state index in [2.05, 4.69) is 21.0 Å². The molecule has 0 aliphatic rings. The van der Waals surface area contributed by atoms with Gasteiger partial charge in [0.1, 0.15) is 6.61 Å². The lowest BCUT2D eigenvalue weighted by molar-refractivity contribution is 0.277. The van der Waals surface area contributed by atoms with Crippen LogP contribution in [0, 0.1) is 24.1 Å². The minimum absolute atomic E-state index is 0.123. The lowest BCUT2D eigenvalue weighted by Gasteiger charge is -2.09. The number of hydrogen-bond acceptors (Lipinski definition) is 3. The summed E-state index contributed by atoms with van der Waals surface area (Å²) in [6.07, 6.45) is 0. The Morgan fingerprint density at radius 1 is 1.50 bits per heavy atom. The maximum Gasteiger partial charge on any atom is 0.166 e. The second-order valence-corrected chi connectivity index (χ2v) is 5.00. The lowest BCUT2D eigenvalue weighted by Crippen LogP contribution is -2.07. The Kier molecular flexibility index (Phi) is 4.40. The van der Waals surface area contributed by atoms with E-state index in [1.807, 2.05) is 19.9 Å². The molecule has 1 aromatic carbocycles. The number of nitriles is 1. The van der Waals surface area contributed by atoms with Crippen molar-refractivity contribution in [1.82, 2.24) is 9.78 Å². The van der Waals surface area contributed by atoms with E-state index in [1.54, 1.807) is 4.68 Å². The summed E-state index contributed by atoms with van der Waals surface area (Å²) in [4.78, 5) is 0. The van der Waals surface area contributed by atoms with Gasteiger partial charge in [0.05, 0.1) is 27.5 Å². The second kappa shape index (κ2) is 6.06. The molecule has 6 heteroatoms. The summed E-state index contributed by atoms with van der Waals surface area (Å²) < 4.78 is 21.9. The zero-order chi connectivity index (χ0) is 14.7. The summed E-state index contributed by atoms with van der Waals surface area (Å²) in [5, 5.41) is 13.0. The molecule has 0 bridgehead atoms. The van der Waals surface area contributed by atoms with E-state index in [4.69, 9.17) is 10.00 Å². The Hall–Kier alpha value is -1.87. The quantitative estimate of drug-likeness (QED) is 0.856. The monoisotopic (exact) mass is 337 g/mol. The van der Waals surface area contributed by atoms with Crippen molar-refractivity contribution in [3.8, 4) is 11.8 Å². The van der Waals surface area contributed by atoms with Gasteiger partial charge in [0.15, 0.2) is 11.6 Å². The molecule has 2 aromatic rings. The number of aromatic nitrogens is 2. The van der Waals surface area contributed by atoms with Crippen molar-refractivity contribution in [1.29, 1.82) is 5.26 Å². The lowest BCUT2D eigenvalue weighted by atomic mass is 10.2. The summed E-state index contributed by atoms with van der Waals surface area (Å²) >= 11 is 3.46. The Morgan fingerprint density at radius 3 is 2.85 bits per heavy atom. The first-order valence-corrected chi connectivity index (χ1v) is 6.90. The van der Waals surface area contributed by atoms with Crippen molar-refractivity contribution >= 4 is 15.9 Å². The average molecular weight is 338 g/mol. The molecule has 4 nitrogen and oxygen atoms in total. The molecule has 20 heavy (non-hydrogen) atoms. The predicted octanol–water partition coefficient (Wildman–Crippen LogP) is 3.56. The molecule has 0 spiro atoms. The van der Waals surface area contributed by atoms with Gasteiger partial charge in [0.25, 0.3) is 0 Å². The Labute approximate surface area is 124 Å². The van der Waals surface area contributed by atoms with Gasteiger partial charge in [-0.2, -0.15) is 10.4 Å². The molecule has 2 rings (SSSR count). The van der Waals surface area contributed by atoms with Crippen LogP contribution in [0.4, 0.5) is 4.39 Å². The fourth-order valence-corrected chi connectivity index (χ4v) is 2.24. The first-order valence-electron chi connectivity index (χ1n) is 6.11. The average Bonchev–Trinajstić information content (AvgIpc) is 2.73. The molecule has 0 unspecified atom stereocenters. The Morgan fingerprint density at radius 2 is 2.25 bits per heavy atom. The molecular weight excluding hydrogens is 325 g/mol. The number of aryl methyl sites for hydroxylation is 2. The molecule has 0 radical (unpaired) electrons. The Bertz CT molecular complexity index is 676. The van der Waals surface area contributed by atoms with Gasteiger partial charge in [-0.25, -0.2) is 4.39 Å². The molecule has 1 aromatic heterocycles. The van der Waals surface area contributed by atoms with Gasteiger partial charge in [-0.05, 0) is 48.0 Å². The molecular formula is C14H13BrFN3O. The van der Waals surface area contributed by atoms with Crippen LogP contribution in [0.3, 0.4) is 0 Å². The highest BCUT2D eigenvalue weighted by Crippen LogP contribution is 2.24. The number of ether oxygens (including phenoxy) is 1. The minimum atomic E-state index is -0.542. The van der Waals surface area contributed by atoms with Crippen LogP contribution in [0.15, 0.2) is 22.7 Å². The SMILES string of the molecule is CCn1nc(C)c(Br)c1COc1ccc(C#N)cc1F. The Balaban J connectivity index is 2.19. The van der Waals surface area contributed by atoms with Crippen molar-refractivity contribution in [3.05, 3.63) is 45.4 Å². The van der Waals surface area contributed by atoms with Gasteiger partial charge in [0.2, 0.25) is 0 Å². The number of nitrogens with zero attached hydrogens (tertiary/aromatic N) is 3. The fourth-order valence-electron chi connectivity index (χ4n) is 1.84. The van der Waals surface area contributed by atoms with Gasteiger partial charge < -0.3 is 4.74 Å². The number of halogens is 2. The van der Waals surface area contributed by atoms with E-state index >= 15 is 0 Å². The van der Waals surface area contributed by atoms with E-state index in [0.29, 0.717) is 6.54 Å². The van der Waals surface area contributed by atoms with Crippen molar-refractivity contribution in [2.75, 3.05) is 0 Å². The van der Waals surface area contributed by atoms with Crippen LogP contribution >= 0.6 is 15.9 Å². The van der Waals surface area contributed by atoms with Gasteiger partial charge in [-0.3, -0.25) is 4.68 Å². The van der Waals surface area contributed by atoms with Gasteiger partial charge in [-0.15, -0.1) is 0 Å². The molecule has 0 saturated carbocycles. The van der Waals surface area contributed by atoms with Crippen LogP contribution in [0.25, 0.3) is 0 Å². The maximum atomic E-state index is 13.7. The molecule has 1 heterocycles. The van der Waals surface area contributed by atoms with E-state index in [1.165, 1.54) is 12.1 Å². The third-order valence-electron chi connectivity index (χ3n) is 2.88. The smallest absolute Gasteiger partial charge is 0.166 e.